The maximum Gasteiger partial charge on any atom is 0.343 e. The number of allylic oxidation sites excluding steroid dienone is 1. The van der Waals surface area contributed by atoms with Crippen molar-refractivity contribution in [3.8, 4) is 23.0 Å². The average molecular weight is 418 g/mol. The van der Waals surface area contributed by atoms with Gasteiger partial charge in [0.25, 0.3) is 0 Å². The predicted molar refractivity (Wildman–Crippen MR) is 117 cm³/mol. The van der Waals surface area contributed by atoms with Crippen molar-refractivity contribution < 1.29 is 28.5 Å². The lowest BCUT2D eigenvalue weighted by Crippen LogP contribution is -2.09. The molecule has 0 amide bonds. The first kappa shape index (κ1) is 21.6. The van der Waals surface area contributed by atoms with Crippen molar-refractivity contribution in [2.24, 2.45) is 0 Å². The molecule has 31 heavy (non-hydrogen) atoms. The van der Waals surface area contributed by atoms with Crippen LogP contribution in [0.2, 0.25) is 0 Å². The van der Waals surface area contributed by atoms with Crippen molar-refractivity contribution in [2.45, 2.75) is 0 Å². The minimum Gasteiger partial charge on any atom is -0.497 e. The normalized spacial score (nSPS) is 10.5. The predicted octanol–water partition coefficient (Wildman–Crippen LogP) is 4.83. The van der Waals surface area contributed by atoms with Gasteiger partial charge in [-0.15, -0.1) is 0 Å². The fraction of sp³-hybridized carbons (Fsp3) is 0.120. The third-order valence-electron chi connectivity index (χ3n) is 4.53. The number of rotatable bonds is 8. The summed E-state index contributed by atoms with van der Waals surface area (Å²) in [6, 6.07) is 18.6. The maximum absolute atomic E-state index is 12.7. The van der Waals surface area contributed by atoms with Crippen LogP contribution in [0, 0.1) is 0 Å². The van der Waals surface area contributed by atoms with Gasteiger partial charge in [0.1, 0.15) is 23.0 Å². The number of methoxy groups -OCH3 is 3. The molecular weight excluding hydrogens is 396 g/mol. The molecule has 6 heteroatoms. The molecule has 0 saturated heterocycles. The van der Waals surface area contributed by atoms with Crippen LogP contribution in [0.3, 0.4) is 0 Å². The van der Waals surface area contributed by atoms with E-state index in [1.807, 2.05) is 0 Å². The lowest BCUT2D eigenvalue weighted by atomic mass is 10.1. The van der Waals surface area contributed by atoms with Crippen LogP contribution in [0.1, 0.15) is 26.3 Å². The number of hydrogen-bond acceptors (Lipinski definition) is 6. The molecule has 0 aliphatic rings. The summed E-state index contributed by atoms with van der Waals surface area (Å²) in [7, 11) is 4.58. The van der Waals surface area contributed by atoms with Crippen LogP contribution < -0.4 is 18.9 Å². The molecule has 0 radical (unpaired) electrons. The van der Waals surface area contributed by atoms with Gasteiger partial charge in [0, 0.05) is 5.56 Å². The van der Waals surface area contributed by atoms with Gasteiger partial charge < -0.3 is 18.9 Å². The zero-order valence-electron chi connectivity index (χ0n) is 17.5. The molecule has 3 rings (SSSR count). The SMILES string of the molecule is COc1ccc(C(=O)Oc2ccccc2/C=C/C(=O)c2cc(OC)ccc2OC)cc1. The first-order chi connectivity index (χ1) is 15.0. The number of hydrogen-bond donors (Lipinski definition) is 0. The van der Waals surface area contributed by atoms with Crippen LogP contribution in [0.4, 0.5) is 0 Å². The van der Waals surface area contributed by atoms with E-state index < -0.39 is 5.97 Å². The number of carbonyl (C=O) groups is 2. The first-order valence-electron chi connectivity index (χ1n) is 9.45. The Kier molecular flexibility index (Phi) is 7.06. The summed E-state index contributed by atoms with van der Waals surface area (Å²) in [5.41, 5.74) is 1.34. The summed E-state index contributed by atoms with van der Waals surface area (Å²) < 4.78 is 21.1. The van der Waals surface area contributed by atoms with Crippen LogP contribution in [-0.2, 0) is 0 Å². The van der Waals surface area contributed by atoms with Crippen molar-refractivity contribution in [2.75, 3.05) is 21.3 Å². The van der Waals surface area contributed by atoms with E-state index in [1.54, 1.807) is 79.9 Å². The Labute approximate surface area is 180 Å². The number of para-hydroxylation sites is 1. The van der Waals surface area contributed by atoms with Crippen LogP contribution in [0.25, 0.3) is 6.08 Å². The zero-order chi connectivity index (χ0) is 22.2. The minimum absolute atomic E-state index is 0.271. The molecule has 0 aliphatic carbocycles. The van der Waals surface area contributed by atoms with Crippen molar-refractivity contribution in [1.82, 2.24) is 0 Å². The van der Waals surface area contributed by atoms with Crippen LogP contribution in [-0.4, -0.2) is 33.1 Å². The van der Waals surface area contributed by atoms with Gasteiger partial charge in [-0.3, -0.25) is 4.79 Å². The average Bonchev–Trinajstić information content (AvgIpc) is 2.82. The van der Waals surface area contributed by atoms with Gasteiger partial charge in [-0.2, -0.15) is 0 Å². The van der Waals surface area contributed by atoms with Crippen molar-refractivity contribution >= 4 is 17.8 Å². The largest absolute Gasteiger partial charge is 0.497 e. The Balaban J connectivity index is 1.81. The summed E-state index contributed by atoms with van der Waals surface area (Å²) in [5, 5.41) is 0. The highest BCUT2D eigenvalue weighted by atomic mass is 16.5. The van der Waals surface area contributed by atoms with Crippen LogP contribution in [0.5, 0.6) is 23.0 Å². The number of ether oxygens (including phenoxy) is 4. The Hall–Kier alpha value is -4.06. The van der Waals surface area contributed by atoms with E-state index in [2.05, 4.69) is 0 Å². The summed E-state index contributed by atoms with van der Waals surface area (Å²) in [6.45, 7) is 0. The molecular formula is C25H22O6. The van der Waals surface area contributed by atoms with Crippen LogP contribution >= 0.6 is 0 Å². The Bertz CT molecular complexity index is 1100. The second-order valence-corrected chi connectivity index (χ2v) is 6.42. The summed E-state index contributed by atoms with van der Waals surface area (Å²) >= 11 is 0. The Morgan fingerprint density at radius 2 is 1.42 bits per heavy atom. The molecule has 0 bridgehead atoms. The molecule has 0 unspecified atom stereocenters. The molecule has 6 nitrogen and oxygen atoms in total. The monoisotopic (exact) mass is 418 g/mol. The first-order valence-corrected chi connectivity index (χ1v) is 9.45. The third-order valence-corrected chi connectivity index (χ3v) is 4.53. The van der Waals surface area contributed by atoms with Crippen molar-refractivity contribution in [1.29, 1.82) is 0 Å². The van der Waals surface area contributed by atoms with Gasteiger partial charge in [-0.25, -0.2) is 4.79 Å². The van der Waals surface area contributed by atoms with E-state index in [4.69, 9.17) is 18.9 Å². The maximum atomic E-state index is 12.7. The van der Waals surface area contributed by atoms with E-state index in [1.165, 1.54) is 20.3 Å². The van der Waals surface area contributed by atoms with Crippen molar-refractivity contribution in [3.63, 3.8) is 0 Å². The molecule has 0 aromatic heterocycles. The molecule has 0 atom stereocenters. The molecule has 0 heterocycles. The fourth-order valence-corrected chi connectivity index (χ4v) is 2.86. The van der Waals surface area contributed by atoms with E-state index in [0.717, 1.165) is 0 Å². The van der Waals surface area contributed by atoms with Gasteiger partial charge in [-0.05, 0) is 60.7 Å². The summed E-state index contributed by atoms with van der Waals surface area (Å²) in [4.78, 5) is 25.2. The standard InChI is InChI=1S/C25H22O6/c1-28-19-11-8-18(9-12-19)25(27)31-23-7-5-4-6-17(23)10-14-22(26)21-16-20(29-2)13-15-24(21)30-3/h4-16H,1-3H3/b14-10+. The van der Waals surface area contributed by atoms with E-state index in [0.29, 0.717) is 39.7 Å². The smallest absolute Gasteiger partial charge is 0.343 e. The molecule has 3 aromatic rings. The second-order valence-electron chi connectivity index (χ2n) is 6.42. The molecule has 0 fully saturated rings. The number of carbonyl (C=O) groups excluding carboxylic acids is 2. The number of ketones is 1. The summed E-state index contributed by atoms with van der Waals surface area (Å²) in [5.74, 6) is 1.19. The number of esters is 1. The highest BCUT2D eigenvalue weighted by molar-refractivity contribution is 6.09. The van der Waals surface area contributed by atoms with Gasteiger partial charge >= 0.3 is 5.97 Å². The molecule has 3 aromatic carbocycles. The Morgan fingerprint density at radius 3 is 2.10 bits per heavy atom. The lowest BCUT2D eigenvalue weighted by molar-refractivity contribution is 0.0734. The highest BCUT2D eigenvalue weighted by Gasteiger charge is 2.13. The molecule has 158 valence electrons. The molecule has 0 saturated carbocycles. The lowest BCUT2D eigenvalue weighted by Gasteiger charge is -2.09. The van der Waals surface area contributed by atoms with Gasteiger partial charge in [-0.1, -0.05) is 18.2 Å². The van der Waals surface area contributed by atoms with Crippen molar-refractivity contribution in [3.05, 3.63) is 89.5 Å². The highest BCUT2D eigenvalue weighted by Crippen LogP contribution is 2.26. The number of benzene rings is 3. The van der Waals surface area contributed by atoms with E-state index in [-0.39, 0.29) is 5.78 Å². The fourth-order valence-electron chi connectivity index (χ4n) is 2.86. The van der Waals surface area contributed by atoms with Gasteiger partial charge in [0.05, 0.1) is 32.5 Å². The molecule has 0 spiro atoms. The zero-order valence-corrected chi connectivity index (χ0v) is 17.5. The molecule has 0 aliphatic heterocycles. The van der Waals surface area contributed by atoms with E-state index >= 15 is 0 Å². The van der Waals surface area contributed by atoms with Gasteiger partial charge in [0.15, 0.2) is 5.78 Å². The van der Waals surface area contributed by atoms with Crippen LogP contribution in [0.15, 0.2) is 72.8 Å². The Morgan fingerprint density at radius 1 is 0.742 bits per heavy atom. The minimum atomic E-state index is -0.510. The second kappa shape index (κ2) is 10.1. The topological polar surface area (TPSA) is 71.1 Å². The quantitative estimate of drug-likeness (QED) is 0.226. The molecule has 0 N–H and O–H groups in total. The third kappa shape index (κ3) is 5.30. The van der Waals surface area contributed by atoms with E-state index in [9.17, 15) is 9.59 Å². The summed E-state index contributed by atoms with van der Waals surface area (Å²) in [6.07, 6.45) is 3.00. The van der Waals surface area contributed by atoms with Gasteiger partial charge in [0.2, 0.25) is 0 Å².